The average Bonchev–Trinajstić information content (AvgIpc) is 2.73. The van der Waals surface area contributed by atoms with Crippen LogP contribution in [0, 0.1) is 0 Å². The lowest BCUT2D eigenvalue weighted by Crippen LogP contribution is -2.51. The van der Waals surface area contributed by atoms with Crippen LogP contribution in [0.1, 0.15) is 15.9 Å². The number of benzene rings is 2. The zero-order chi connectivity index (χ0) is 19.8. The van der Waals surface area contributed by atoms with Gasteiger partial charge in [0.05, 0.1) is 17.1 Å². The van der Waals surface area contributed by atoms with E-state index >= 15 is 0 Å². The summed E-state index contributed by atoms with van der Waals surface area (Å²) in [5.41, 5.74) is 1.57. The van der Waals surface area contributed by atoms with E-state index in [9.17, 15) is 9.59 Å². The van der Waals surface area contributed by atoms with Gasteiger partial charge in [-0.2, -0.15) is 0 Å². The average molecular weight is 398 g/mol. The lowest BCUT2D eigenvalue weighted by Gasteiger charge is -2.34. The molecule has 2 aromatic carbocycles. The van der Waals surface area contributed by atoms with Crippen LogP contribution in [0.4, 0.5) is 0 Å². The van der Waals surface area contributed by atoms with Crippen LogP contribution in [0.3, 0.4) is 0 Å². The molecule has 1 aliphatic rings. The quantitative estimate of drug-likeness (QED) is 0.815. The second kappa shape index (κ2) is 10.1. The molecule has 146 valence electrons. The zero-order valence-electron chi connectivity index (χ0n) is 15.7. The number of amides is 2. The van der Waals surface area contributed by atoms with E-state index in [0.29, 0.717) is 23.7 Å². The van der Waals surface area contributed by atoms with Crippen molar-refractivity contribution in [2.24, 2.45) is 0 Å². The first-order valence-corrected chi connectivity index (χ1v) is 9.76. The normalized spacial score (nSPS) is 15.0. The molecule has 0 aromatic heterocycles. The topological polar surface area (TPSA) is 52.7 Å². The zero-order valence-corrected chi connectivity index (χ0v) is 16.4. The first-order chi connectivity index (χ1) is 13.6. The standard InChI is InChI=1S/C22H24ClN3O2/c23-20-11-5-4-10-19(20)22(28)24-17-21(27)26-15-13-25(14-16-26)12-6-9-18-7-2-1-3-8-18/h1-11H,12-17H2,(H,24,28)/b9-6+. The van der Waals surface area contributed by atoms with Crippen LogP contribution in [0.15, 0.2) is 60.7 Å². The Hall–Kier alpha value is -2.63. The monoisotopic (exact) mass is 397 g/mol. The van der Waals surface area contributed by atoms with Gasteiger partial charge in [0.25, 0.3) is 5.91 Å². The van der Waals surface area contributed by atoms with Crippen molar-refractivity contribution >= 4 is 29.5 Å². The van der Waals surface area contributed by atoms with Gasteiger partial charge in [-0.25, -0.2) is 0 Å². The maximum Gasteiger partial charge on any atom is 0.253 e. The maximum atomic E-state index is 12.4. The van der Waals surface area contributed by atoms with E-state index < -0.39 is 0 Å². The molecule has 1 fully saturated rings. The number of carbonyl (C=O) groups excluding carboxylic acids is 2. The van der Waals surface area contributed by atoms with Crippen LogP contribution < -0.4 is 5.32 Å². The Morgan fingerprint density at radius 3 is 2.36 bits per heavy atom. The minimum Gasteiger partial charge on any atom is -0.343 e. The van der Waals surface area contributed by atoms with Gasteiger partial charge in [-0.05, 0) is 17.7 Å². The minimum absolute atomic E-state index is 0.0159. The number of piperazine rings is 1. The van der Waals surface area contributed by atoms with Gasteiger partial charge in [0.15, 0.2) is 0 Å². The largest absolute Gasteiger partial charge is 0.343 e. The Morgan fingerprint density at radius 1 is 0.964 bits per heavy atom. The van der Waals surface area contributed by atoms with E-state index in [1.165, 1.54) is 5.56 Å². The number of halogens is 1. The van der Waals surface area contributed by atoms with Crippen LogP contribution in [-0.4, -0.2) is 60.9 Å². The van der Waals surface area contributed by atoms with E-state index in [1.54, 1.807) is 29.2 Å². The lowest BCUT2D eigenvalue weighted by atomic mass is 10.2. The predicted molar refractivity (Wildman–Crippen MR) is 112 cm³/mol. The second-order valence-electron chi connectivity index (χ2n) is 6.66. The third-order valence-electron chi connectivity index (χ3n) is 4.72. The van der Waals surface area contributed by atoms with Gasteiger partial charge in [0.1, 0.15) is 0 Å². The van der Waals surface area contributed by atoms with Crippen LogP contribution in [0.5, 0.6) is 0 Å². The molecular formula is C22H24ClN3O2. The highest BCUT2D eigenvalue weighted by Crippen LogP contribution is 2.14. The molecule has 1 N–H and O–H groups in total. The fourth-order valence-electron chi connectivity index (χ4n) is 3.09. The van der Waals surface area contributed by atoms with Crippen molar-refractivity contribution in [3.63, 3.8) is 0 Å². The highest BCUT2D eigenvalue weighted by molar-refractivity contribution is 6.33. The van der Waals surface area contributed by atoms with Crippen molar-refractivity contribution in [1.82, 2.24) is 15.1 Å². The van der Waals surface area contributed by atoms with Gasteiger partial charge in [-0.15, -0.1) is 0 Å². The SMILES string of the molecule is O=C(NCC(=O)N1CCN(C/C=C/c2ccccc2)CC1)c1ccccc1Cl. The molecule has 0 bridgehead atoms. The maximum absolute atomic E-state index is 12.4. The Morgan fingerprint density at radius 2 is 1.64 bits per heavy atom. The first-order valence-electron chi connectivity index (χ1n) is 9.38. The first kappa shape index (κ1) is 20.1. The highest BCUT2D eigenvalue weighted by Gasteiger charge is 2.21. The molecular weight excluding hydrogens is 374 g/mol. The summed E-state index contributed by atoms with van der Waals surface area (Å²) in [6, 6.07) is 17.0. The van der Waals surface area contributed by atoms with Crippen LogP contribution in [0.25, 0.3) is 6.08 Å². The molecule has 0 atom stereocenters. The summed E-state index contributed by atoms with van der Waals surface area (Å²) < 4.78 is 0. The molecule has 1 saturated heterocycles. The molecule has 0 saturated carbocycles. The second-order valence-corrected chi connectivity index (χ2v) is 7.06. The summed E-state index contributed by atoms with van der Waals surface area (Å²) in [6.45, 7) is 3.82. The molecule has 0 unspecified atom stereocenters. The van der Waals surface area contributed by atoms with Gasteiger partial charge in [0, 0.05) is 32.7 Å². The minimum atomic E-state index is -0.330. The number of nitrogens with one attached hydrogen (secondary N) is 1. The Balaban J connectivity index is 1.39. The van der Waals surface area contributed by atoms with Crippen molar-refractivity contribution in [2.75, 3.05) is 39.3 Å². The van der Waals surface area contributed by atoms with Crippen molar-refractivity contribution in [1.29, 1.82) is 0 Å². The number of hydrogen-bond donors (Lipinski definition) is 1. The number of carbonyl (C=O) groups is 2. The van der Waals surface area contributed by atoms with Crippen LogP contribution in [0.2, 0.25) is 5.02 Å². The molecule has 2 amide bonds. The molecule has 0 radical (unpaired) electrons. The summed E-state index contributed by atoms with van der Waals surface area (Å²) >= 11 is 6.01. The molecule has 2 aromatic rings. The molecule has 1 aliphatic heterocycles. The van der Waals surface area contributed by atoms with Gasteiger partial charge in [-0.3, -0.25) is 14.5 Å². The molecule has 28 heavy (non-hydrogen) atoms. The fourth-order valence-corrected chi connectivity index (χ4v) is 3.31. The third-order valence-corrected chi connectivity index (χ3v) is 5.05. The fraction of sp³-hybridized carbons (Fsp3) is 0.273. The van der Waals surface area contributed by atoms with E-state index in [2.05, 4.69) is 34.5 Å². The van der Waals surface area contributed by atoms with Crippen molar-refractivity contribution < 1.29 is 9.59 Å². The van der Waals surface area contributed by atoms with Crippen molar-refractivity contribution in [2.45, 2.75) is 0 Å². The summed E-state index contributed by atoms with van der Waals surface area (Å²) in [5.74, 6) is -0.400. The summed E-state index contributed by atoms with van der Waals surface area (Å²) in [7, 11) is 0. The molecule has 3 rings (SSSR count). The Labute approximate surface area is 170 Å². The summed E-state index contributed by atoms with van der Waals surface area (Å²) in [4.78, 5) is 28.6. The Kier molecular flexibility index (Phi) is 7.23. The van der Waals surface area contributed by atoms with Gasteiger partial charge in [-0.1, -0.05) is 66.2 Å². The highest BCUT2D eigenvalue weighted by atomic mass is 35.5. The van der Waals surface area contributed by atoms with Crippen molar-refractivity contribution in [3.8, 4) is 0 Å². The number of hydrogen-bond acceptors (Lipinski definition) is 3. The molecule has 0 aliphatic carbocycles. The number of nitrogens with zero attached hydrogens (tertiary/aromatic N) is 2. The molecule has 1 heterocycles. The lowest BCUT2D eigenvalue weighted by molar-refractivity contribution is -0.131. The van der Waals surface area contributed by atoms with E-state index in [-0.39, 0.29) is 18.4 Å². The molecule has 0 spiro atoms. The van der Waals surface area contributed by atoms with E-state index in [1.807, 2.05) is 18.2 Å². The smallest absolute Gasteiger partial charge is 0.253 e. The van der Waals surface area contributed by atoms with Crippen molar-refractivity contribution in [3.05, 3.63) is 76.8 Å². The third kappa shape index (κ3) is 5.68. The summed E-state index contributed by atoms with van der Waals surface area (Å²) in [6.07, 6.45) is 4.26. The van der Waals surface area contributed by atoms with Gasteiger partial charge < -0.3 is 10.2 Å². The summed E-state index contributed by atoms with van der Waals surface area (Å²) in [5, 5.41) is 3.04. The van der Waals surface area contributed by atoms with E-state index in [0.717, 1.165) is 19.6 Å². The Bertz CT molecular complexity index is 831. The van der Waals surface area contributed by atoms with Crippen LogP contribution in [-0.2, 0) is 4.79 Å². The van der Waals surface area contributed by atoms with E-state index in [4.69, 9.17) is 11.6 Å². The predicted octanol–water partition coefficient (Wildman–Crippen LogP) is 2.93. The van der Waals surface area contributed by atoms with Crippen LogP contribution >= 0.6 is 11.6 Å². The molecule has 6 heteroatoms. The molecule has 5 nitrogen and oxygen atoms in total. The van der Waals surface area contributed by atoms with Gasteiger partial charge >= 0.3 is 0 Å². The van der Waals surface area contributed by atoms with Gasteiger partial charge in [0.2, 0.25) is 5.91 Å². The number of rotatable bonds is 6.